The van der Waals surface area contributed by atoms with Crippen LogP contribution in [-0.4, -0.2) is 47.2 Å². The molecular weight excluding hydrogens is 354 g/mol. The summed E-state index contributed by atoms with van der Waals surface area (Å²) in [5, 5.41) is 19.7. The largest absolute Gasteiger partial charge is 0.394 e. The molecule has 2 heterocycles. The number of hydrogen-bond donors (Lipinski definition) is 4. The summed E-state index contributed by atoms with van der Waals surface area (Å²) in [7, 11) is 0. The monoisotopic (exact) mass is 387 g/mol. The number of carbonyl (C=O) groups excluding carboxylic acids is 1. The number of aliphatic imine (C=N–C) groups is 1. The highest BCUT2D eigenvalue weighted by molar-refractivity contribution is 6.11. The molecule has 4 atom stereocenters. The number of nitrogens with one attached hydrogen (secondary N) is 3. The van der Waals surface area contributed by atoms with Gasteiger partial charge in [0.25, 0.3) is 0 Å². The lowest BCUT2D eigenvalue weighted by atomic mass is 9.73. The lowest BCUT2D eigenvalue weighted by Gasteiger charge is -2.37. The second kappa shape index (κ2) is 6.65. The van der Waals surface area contributed by atoms with Crippen LogP contribution in [0.5, 0.6) is 0 Å². The van der Waals surface area contributed by atoms with Crippen molar-refractivity contribution in [3.8, 4) is 0 Å². The van der Waals surface area contributed by atoms with E-state index in [0.717, 1.165) is 42.1 Å². The van der Waals surface area contributed by atoms with Crippen molar-refractivity contribution in [2.45, 2.75) is 71.0 Å². The number of aliphatic hydroxyl groups excluding tert-OH is 1. The smallest absolute Gasteiger partial charge is 0.328 e. The maximum absolute atomic E-state index is 12.8. The first kappa shape index (κ1) is 18.3. The van der Waals surface area contributed by atoms with E-state index in [1.165, 1.54) is 32.1 Å². The van der Waals surface area contributed by atoms with Gasteiger partial charge in [-0.15, -0.1) is 0 Å². The van der Waals surface area contributed by atoms with E-state index in [1.54, 1.807) is 4.90 Å². The Morgan fingerprint density at radius 2 is 2.04 bits per heavy atom. The first-order valence-electron chi connectivity index (χ1n) is 11.1. The summed E-state index contributed by atoms with van der Waals surface area (Å²) in [4.78, 5) is 19.7. The molecule has 0 spiro atoms. The van der Waals surface area contributed by atoms with Gasteiger partial charge in [-0.25, -0.2) is 9.79 Å². The van der Waals surface area contributed by atoms with E-state index in [1.807, 2.05) is 6.92 Å². The number of hydrogen-bond acceptors (Lipinski definition) is 5. The molecule has 2 amide bonds. The number of amides is 2. The van der Waals surface area contributed by atoms with Crippen molar-refractivity contribution in [2.24, 2.45) is 28.2 Å². The van der Waals surface area contributed by atoms with Crippen LogP contribution in [0.3, 0.4) is 0 Å². The molecule has 154 valence electrons. The number of aliphatic hydroxyl groups is 1. The molecule has 0 aromatic carbocycles. The SMILES string of the molecule is CCCN1C(=O)NC(NC(CC)CO)=C2NC(C34CC5CC(CC3C5)C4)N=C21. The second-order valence-corrected chi connectivity index (χ2v) is 9.54. The van der Waals surface area contributed by atoms with Crippen molar-refractivity contribution in [3.05, 3.63) is 11.5 Å². The minimum Gasteiger partial charge on any atom is -0.394 e. The van der Waals surface area contributed by atoms with Crippen molar-refractivity contribution in [1.29, 1.82) is 0 Å². The normalized spacial score (nSPS) is 39.0. The molecule has 2 aliphatic heterocycles. The average Bonchev–Trinajstić information content (AvgIpc) is 3.30. The predicted octanol–water partition coefficient (Wildman–Crippen LogP) is 2.11. The van der Waals surface area contributed by atoms with Gasteiger partial charge in [-0.1, -0.05) is 13.8 Å². The highest BCUT2D eigenvalue weighted by Gasteiger charge is 2.62. The molecular formula is C21H33N5O2. The molecule has 4 aliphatic carbocycles. The van der Waals surface area contributed by atoms with Crippen molar-refractivity contribution in [2.75, 3.05) is 13.2 Å². The molecule has 0 aromatic heterocycles. The molecule has 6 rings (SSSR count). The van der Waals surface area contributed by atoms with Gasteiger partial charge in [0.1, 0.15) is 17.7 Å². The van der Waals surface area contributed by atoms with Crippen molar-refractivity contribution < 1.29 is 9.90 Å². The van der Waals surface area contributed by atoms with E-state index in [9.17, 15) is 9.90 Å². The fourth-order valence-electron chi connectivity index (χ4n) is 6.74. The third-order valence-corrected chi connectivity index (χ3v) is 7.85. The zero-order chi connectivity index (χ0) is 19.5. The molecule has 0 radical (unpaired) electrons. The standard InChI is InChI=1S/C21H33N5O2/c1-3-5-26-18-16(17(24-20(26)28)22-15(4-2)11-27)23-19(25-18)21-9-12-6-13(10-21)8-14(21)7-12/h12-15,19,22-23,27H,3-11H2,1-2H3,(H,24,28). The molecule has 7 heteroatoms. The lowest BCUT2D eigenvalue weighted by Crippen LogP contribution is -2.54. The molecule has 0 saturated heterocycles. The Morgan fingerprint density at radius 1 is 1.29 bits per heavy atom. The lowest BCUT2D eigenvalue weighted by molar-refractivity contribution is 0.148. The molecule has 28 heavy (non-hydrogen) atoms. The Kier molecular flexibility index (Phi) is 4.34. The summed E-state index contributed by atoms with van der Waals surface area (Å²) < 4.78 is 0. The van der Waals surface area contributed by atoms with Crippen molar-refractivity contribution in [3.63, 3.8) is 0 Å². The Labute approximate surface area is 167 Å². The minimum atomic E-state index is -0.128. The molecule has 0 aromatic rings. The Balaban J connectivity index is 1.49. The Hall–Kier alpha value is -1.76. The van der Waals surface area contributed by atoms with Gasteiger partial charge in [-0.2, -0.15) is 0 Å². The molecule has 7 nitrogen and oxygen atoms in total. The zero-order valence-electron chi connectivity index (χ0n) is 17.0. The van der Waals surface area contributed by atoms with Crippen molar-refractivity contribution >= 4 is 11.9 Å². The number of carbonyl (C=O) groups is 1. The fourth-order valence-corrected chi connectivity index (χ4v) is 6.74. The zero-order valence-corrected chi connectivity index (χ0v) is 17.0. The van der Waals surface area contributed by atoms with Gasteiger partial charge in [0.05, 0.1) is 12.6 Å². The van der Waals surface area contributed by atoms with Crippen LogP contribution >= 0.6 is 0 Å². The van der Waals surface area contributed by atoms with E-state index < -0.39 is 0 Å². The van der Waals surface area contributed by atoms with Gasteiger partial charge in [-0.05, 0) is 62.7 Å². The molecule has 4 saturated carbocycles. The predicted molar refractivity (Wildman–Crippen MR) is 107 cm³/mol. The van der Waals surface area contributed by atoms with Crippen LogP contribution in [0.25, 0.3) is 0 Å². The first-order valence-corrected chi connectivity index (χ1v) is 11.1. The third kappa shape index (κ3) is 2.58. The maximum Gasteiger partial charge on any atom is 0.328 e. The Morgan fingerprint density at radius 3 is 2.68 bits per heavy atom. The van der Waals surface area contributed by atoms with Gasteiger partial charge in [0.15, 0.2) is 5.84 Å². The highest BCUT2D eigenvalue weighted by atomic mass is 16.3. The summed E-state index contributed by atoms with van der Waals surface area (Å²) in [6, 6.07) is -0.212. The minimum absolute atomic E-state index is 0.0348. The molecule has 4 bridgehead atoms. The van der Waals surface area contributed by atoms with E-state index >= 15 is 0 Å². The van der Waals surface area contributed by atoms with E-state index in [4.69, 9.17) is 4.99 Å². The topological polar surface area (TPSA) is 89.0 Å². The number of rotatable bonds is 7. The van der Waals surface area contributed by atoms with E-state index in [-0.39, 0.29) is 30.3 Å². The average molecular weight is 388 g/mol. The van der Waals surface area contributed by atoms with Crippen LogP contribution in [0.15, 0.2) is 16.5 Å². The van der Waals surface area contributed by atoms with Crippen molar-refractivity contribution in [1.82, 2.24) is 20.9 Å². The van der Waals surface area contributed by atoms with E-state index in [0.29, 0.717) is 12.4 Å². The number of amidine groups is 1. The van der Waals surface area contributed by atoms with Gasteiger partial charge in [0, 0.05) is 12.0 Å². The van der Waals surface area contributed by atoms with Crippen LogP contribution in [0.4, 0.5) is 4.79 Å². The second-order valence-electron chi connectivity index (χ2n) is 9.54. The quantitative estimate of drug-likeness (QED) is 0.539. The molecule has 4 N–H and O–H groups in total. The number of nitrogens with zero attached hydrogens (tertiary/aromatic N) is 2. The van der Waals surface area contributed by atoms with Crippen LogP contribution in [0, 0.1) is 23.2 Å². The molecule has 4 unspecified atom stereocenters. The fraction of sp³-hybridized carbons (Fsp3) is 0.810. The maximum atomic E-state index is 12.8. The van der Waals surface area contributed by atoms with E-state index in [2.05, 4.69) is 22.9 Å². The van der Waals surface area contributed by atoms with Crippen LogP contribution < -0.4 is 16.0 Å². The summed E-state index contributed by atoms with van der Waals surface area (Å²) in [6.45, 7) is 4.81. The third-order valence-electron chi connectivity index (χ3n) is 7.85. The van der Waals surface area contributed by atoms with Crippen LogP contribution in [-0.2, 0) is 0 Å². The number of fused-ring (bicyclic) bond motifs is 1. The highest BCUT2D eigenvalue weighted by Crippen LogP contribution is 2.67. The summed E-state index contributed by atoms with van der Waals surface area (Å²) in [6.07, 6.45) is 8.43. The van der Waals surface area contributed by atoms with Gasteiger partial charge in [-0.3, -0.25) is 10.2 Å². The molecule has 4 fully saturated rings. The van der Waals surface area contributed by atoms with Gasteiger partial charge >= 0.3 is 6.03 Å². The Bertz CT molecular complexity index is 714. The first-order chi connectivity index (χ1) is 13.6. The van der Waals surface area contributed by atoms with Crippen LogP contribution in [0.2, 0.25) is 0 Å². The van der Waals surface area contributed by atoms with Gasteiger partial charge < -0.3 is 15.7 Å². The summed E-state index contributed by atoms with van der Waals surface area (Å²) >= 11 is 0. The summed E-state index contributed by atoms with van der Waals surface area (Å²) in [5.41, 5.74) is 1.17. The van der Waals surface area contributed by atoms with Crippen LogP contribution in [0.1, 0.15) is 58.8 Å². The summed E-state index contributed by atoms with van der Waals surface area (Å²) in [5.74, 6) is 3.98. The number of urea groups is 1. The van der Waals surface area contributed by atoms with Gasteiger partial charge in [0.2, 0.25) is 0 Å². The molecule has 6 aliphatic rings.